The van der Waals surface area contributed by atoms with Crippen molar-refractivity contribution in [3.8, 4) is 6.07 Å². The fraction of sp³-hybridized carbons (Fsp3) is 0.938. The highest BCUT2D eigenvalue weighted by Crippen LogP contribution is 2.36. The Kier molecular flexibility index (Phi) is 4.53. The van der Waals surface area contributed by atoms with Crippen molar-refractivity contribution < 1.29 is 0 Å². The number of likely N-dealkylation sites (tertiary alicyclic amines) is 1. The minimum Gasteiger partial charge on any atom is -0.302 e. The van der Waals surface area contributed by atoms with E-state index >= 15 is 0 Å². The molecular formula is C16H29N3. The van der Waals surface area contributed by atoms with Crippen molar-refractivity contribution in [2.45, 2.75) is 70.5 Å². The molecule has 0 aromatic rings. The highest BCUT2D eigenvalue weighted by Gasteiger charge is 2.41. The quantitative estimate of drug-likeness (QED) is 0.832. The molecule has 3 nitrogen and oxygen atoms in total. The van der Waals surface area contributed by atoms with Gasteiger partial charge in [0.25, 0.3) is 0 Å². The molecule has 0 amide bonds. The maximum Gasteiger partial charge on any atom is 0.108 e. The van der Waals surface area contributed by atoms with Gasteiger partial charge in [0.2, 0.25) is 0 Å². The van der Waals surface area contributed by atoms with Gasteiger partial charge in [0, 0.05) is 18.6 Å². The van der Waals surface area contributed by atoms with Crippen LogP contribution in [-0.2, 0) is 0 Å². The zero-order valence-electron chi connectivity index (χ0n) is 12.9. The van der Waals surface area contributed by atoms with Crippen molar-refractivity contribution in [2.75, 3.05) is 13.6 Å². The van der Waals surface area contributed by atoms with E-state index in [1.165, 1.54) is 25.8 Å². The van der Waals surface area contributed by atoms with E-state index in [-0.39, 0.29) is 5.54 Å². The van der Waals surface area contributed by atoms with Crippen LogP contribution in [0.25, 0.3) is 0 Å². The highest BCUT2D eigenvalue weighted by molar-refractivity contribution is 5.11. The smallest absolute Gasteiger partial charge is 0.108 e. The summed E-state index contributed by atoms with van der Waals surface area (Å²) in [5.74, 6) is 1.57. The van der Waals surface area contributed by atoms with Gasteiger partial charge < -0.3 is 5.32 Å². The summed E-state index contributed by atoms with van der Waals surface area (Å²) in [6.07, 6.45) is 5.77. The first-order valence-corrected chi connectivity index (χ1v) is 7.87. The second kappa shape index (κ2) is 5.81. The Bertz CT molecular complexity index is 348. The van der Waals surface area contributed by atoms with Gasteiger partial charge in [-0.1, -0.05) is 13.8 Å². The van der Waals surface area contributed by atoms with Gasteiger partial charge in [0.05, 0.1) is 6.07 Å². The molecule has 2 rings (SSSR count). The summed E-state index contributed by atoms with van der Waals surface area (Å²) in [6, 6.07) is 3.78. The molecule has 5 atom stereocenters. The lowest BCUT2D eigenvalue weighted by atomic mass is 9.76. The molecule has 0 radical (unpaired) electrons. The third kappa shape index (κ3) is 2.95. The molecule has 0 aromatic heterocycles. The van der Waals surface area contributed by atoms with Gasteiger partial charge in [-0.25, -0.2) is 0 Å². The van der Waals surface area contributed by atoms with Gasteiger partial charge in [-0.15, -0.1) is 0 Å². The first-order valence-electron chi connectivity index (χ1n) is 7.87. The summed E-state index contributed by atoms with van der Waals surface area (Å²) in [5.41, 5.74) is -0.285. The summed E-state index contributed by atoms with van der Waals surface area (Å²) >= 11 is 0. The average molecular weight is 263 g/mol. The van der Waals surface area contributed by atoms with Crippen molar-refractivity contribution in [3.63, 3.8) is 0 Å². The first-order chi connectivity index (χ1) is 9.01. The molecule has 2 aliphatic rings. The Balaban J connectivity index is 2.10. The summed E-state index contributed by atoms with van der Waals surface area (Å²) in [5, 5.41) is 12.8. The molecule has 2 fully saturated rings. The number of hydrogen-bond donors (Lipinski definition) is 1. The fourth-order valence-electron chi connectivity index (χ4n) is 4.15. The van der Waals surface area contributed by atoms with Crippen molar-refractivity contribution in [1.82, 2.24) is 10.2 Å². The largest absolute Gasteiger partial charge is 0.302 e. The van der Waals surface area contributed by atoms with Gasteiger partial charge in [0.1, 0.15) is 5.54 Å². The van der Waals surface area contributed by atoms with Gasteiger partial charge in [-0.05, 0) is 57.9 Å². The van der Waals surface area contributed by atoms with E-state index in [1.807, 2.05) is 7.05 Å². The number of nitrogens with one attached hydrogen (secondary N) is 1. The first kappa shape index (κ1) is 14.8. The molecule has 1 aliphatic carbocycles. The second-order valence-electron chi connectivity index (χ2n) is 6.95. The second-order valence-corrected chi connectivity index (χ2v) is 6.95. The van der Waals surface area contributed by atoms with E-state index in [2.05, 4.69) is 37.1 Å². The third-order valence-corrected chi connectivity index (χ3v) is 5.53. The molecule has 19 heavy (non-hydrogen) atoms. The monoisotopic (exact) mass is 263 g/mol. The molecule has 1 saturated carbocycles. The predicted octanol–water partition coefficient (Wildman–Crippen LogP) is 2.78. The normalized spacial score (nSPS) is 44.8. The summed E-state index contributed by atoms with van der Waals surface area (Å²) in [6.45, 7) is 8.33. The highest BCUT2D eigenvalue weighted by atomic mass is 15.2. The number of nitrogens with zero attached hydrogens (tertiary/aromatic N) is 2. The van der Waals surface area contributed by atoms with Crippen LogP contribution in [0, 0.1) is 23.2 Å². The Morgan fingerprint density at radius 2 is 2.05 bits per heavy atom. The Morgan fingerprint density at radius 1 is 1.32 bits per heavy atom. The Labute approximate surface area is 118 Å². The van der Waals surface area contributed by atoms with Crippen LogP contribution in [-0.4, -0.2) is 36.1 Å². The minimum atomic E-state index is -0.285. The van der Waals surface area contributed by atoms with E-state index in [1.54, 1.807) is 0 Å². The fourth-order valence-corrected chi connectivity index (χ4v) is 4.15. The minimum absolute atomic E-state index is 0.285. The Morgan fingerprint density at radius 3 is 2.68 bits per heavy atom. The van der Waals surface area contributed by atoms with Crippen LogP contribution in [0.5, 0.6) is 0 Å². The van der Waals surface area contributed by atoms with Crippen LogP contribution in [0.4, 0.5) is 0 Å². The van der Waals surface area contributed by atoms with Crippen molar-refractivity contribution >= 4 is 0 Å². The SMILES string of the molecule is CNC1(C#N)CCCC(N2CC(C)CC(C)C2C)C1. The summed E-state index contributed by atoms with van der Waals surface area (Å²) in [4.78, 5) is 2.70. The predicted molar refractivity (Wildman–Crippen MR) is 78.8 cm³/mol. The zero-order valence-corrected chi connectivity index (χ0v) is 12.9. The molecule has 1 saturated heterocycles. The van der Waals surface area contributed by atoms with Crippen molar-refractivity contribution in [2.24, 2.45) is 11.8 Å². The molecule has 108 valence electrons. The van der Waals surface area contributed by atoms with E-state index in [0.717, 1.165) is 24.7 Å². The maximum atomic E-state index is 9.50. The average Bonchev–Trinajstić information content (AvgIpc) is 2.42. The van der Waals surface area contributed by atoms with E-state index < -0.39 is 0 Å². The van der Waals surface area contributed by atoms with Gasteiger partial charge in [0.15, 0.2) is 0 Å². The number of rotatable bonds is 2. The third-order valence-electron chi connectivity index (χ3n) is 5.53. The van der Waals surface area contributed by atoms with Crippen LogP contribution < -0.4 is 5.32 Å². The lowest BCUT2D eigenvalue weighted by Crippen LogP contribution is -2.56. The maximum absolute atomic E-state index is 9.50. The van der Waals surface area contributed by atoms with E-state index in [4.69, 9.17) is 0 Å². The lowest BCUT2D eigenvalue weighted by Gasteiger charge is -2.49. The van der Waals surface area contributed by atoms with Crippen LogP contribution in [0.1, 0.15) is 52.9 Å². The number of hydrogen-bond acceptors (Lipinski definition) is 3. The van der Waals surface area contributed by atoms with Crippen LogP contribution in [0.2, 0.25) is 0 Å². The molecule has 1 aliphatic heterocycles. The number of nitriles is 1. The molecule has 5 unspecified atom stereocenters. The topological polar surface area (TPSA) is 39.1 Å². The lowest BCUT2D eigenvalue weighted by molar-refractivity contribution is 0.0146. The standard InChI is InChI=1S/C16H29N3/c1-12-8-13(2)14(3)19(10-12)15-6-5-7-16(9-15,11-17)18-4/h12-15,18H,5-10H2,1-4H3. The summed E-state index contributed by atoms with van der Waals surface area (Å²) in [7, 11) is 1.94. The molecule has 0 spiro atoms. The molecule has 0 aromatic carbocycles. The van der Waals surface area contributed by atoms with Gasteiger partial charge in [-0.2, -0.15) is 5.26 Å². The molecule has 1 heterocycles. The molecule has 0 bridgehead atoms. The van der Waals surface area contributed by atoms with Crippen LogP contribution in [0.3, 0.4) is 0 Å². The molecule has 1 N–H and O–H groups in total. The summed E-state index contributed by atoms with van der Waals surface area (Å²) < 4.78 is 0. The zero-order chi connectivity index (χ0) is 14.0. The van der Waals surface area contributed by atoms with Crippen LogP contribution in [0.15, 0.2) is 0 Å². The van der Waals surface area contributed by atoms with E-state index in [0.29, 0.717) is 12.1 Å². The van der Waals surface area contributed by atoms with Crippen molar-refractivity contribution in [3.05, 3.63) is 0 Å². The van der Waals surface area contributed by atoms with E-state index in [9.17, 15) is 5.26 Å². The van der Waals surface area contributed by atoms with Crippen LogP contribution >= 0.6 is 0 Å². The van der Waals surface area contributed by atoms with Gasteiger partial charge in [-0.3, -0.25) is 4.90 Å². The number of piperidine rings is 1. The Hall–Kier alpha value is -0.590. The van der Waals surface area contributed by atoms with Crippen molar-refractivity contribution in [1.29, 1.82) is 5.26 Å². The van der Waals surface area contributed by atoms with Gasteiger partial charge >= 0.3 is 0 Å². The molecular weight excluding hydrogens is 234 g/mol. The molecule has 3 heteroatoms.